The maximum absolute atomic E-state index is 12.7. The number of ether oxygens (including phenoxy) is 1. The number of anilines is 1. The Morgan fingerprint density at radius 1 is 1.03 bits per heavy atom. The van der Waals surface area contributed by atoms with Crippen LogP contribution >= 0.6 is 11.3 Å². The number of fused-ring (bicyclic) bond motifs is 1. The number of rotatable bonds is 6. The fourth-order valence-corrected chi connectivity index (χ4v) is 4.82. The van der Waals surface area contributed by atoms with Crippen LogP contribution in [0.1, 0.15) is 5.56 Å². The SMILES string of the molecule is COc1ccccc1-c1ccc(=O)n(CC(=O)Nc2ccc(-c3nc4ccc(C)cc4s3)cc2)n1. The van der Waals surface area contributed by atoms with E-state index >= 15 is 0 Å². The summed E-state index contributed by atoms with van der Waals surface area (Å²) in [6.45, 7) is 1.86. The van der Waals surface area contributed by atoms with Crippen molar-refractivity contribution in [2.24, 2.45) is 0 Å². The zero-order chi connectivity index (χ0) is 24.4. The molecule has 0 fully saturated rings. The lowest BCUT2D eigenvalue weighted by atomic mass is 10.1. The molecule has 5 rings (SSSR count). The molecule has 174 valence electrons. The van der Waals surface area contributed by atoms with E-state index in [1.807, 2.05) is 54.6 Å². The molecule has 2 aromatic heterocycles. The second-order valence-corrected chi connectivity index (χ2v) is 9.06. The minimum Gasteiger partial charge on any atom is -0.496 e. The van der Waals surface area contributed by atoms with E-state index in [1.54, 1.807) is 24.5 Å². The second-order valence-electron chi connectivity index (χ2n) is 8.03. The van der Waals surface area contributed by atoms with Crippen molar-refractivity contribution >= 4 is 33.1 Å². The molecule has 1 amide bonds. The number of carbonyl (C=O) groups is 1. The molecule has 0 spiro atoms. The number of nitrogens with one attached hydrogen (secondary N) is 1. The first-order valence-electron chi connectivity index (χ1n) is 11.0. The Morgan fingerprint density at radius 2 is 1.83 bits per heavy atom. The summed E-state index contributed by atoms with van der Waals surface area (Å²) in [5.74, 6) is 0.290. The zero-order valence-corrected chi connectivity index (χ0v) is 20.0. The van der Waals surface area contributed by atoms with Gasteiger partial charge in [-0.05, 0) is 67.1 Å². The van der Waals surface area contributed by atoms with E-state index in [0.29, 0.717) is 17.1 Å². The lowest BCUT2D eigenvalue weighted by Gasteiger charge is -2.10. The molecule has 2 heterocycles. The average Bonchev–Trinajstić information content (AvgIpc) is 3.29. The van der Waals surface area contributed by atoms with Gasteiger partial charge in [-0.25, -0.2) is 9.67 Å². The number of methoxy groups -OCH3 is 1. The number of benzene rings is 3. The van der Waals surface area contributed by atoms with Gasteiger partial charge in [-0.2, -0.15) is 5.10 Å². The van der Waals surface area contributed by atoms with Gasteiger partial charge in [0, 0.05) is 22.9 Å². The Balaban J connectivity index is 1.31. The maximum atomic E-state index is 12.7. The summed E-state index contributed by atoms with van der Waals surface area (Å²) in [6, 6.07) is 24.1. The van der Waals surface area contributed by atoms with Gasteiger partial charge < -0.3 is 10.1 Å². The molecule has 3 aromatic carbocycles. The first kappa shape index (κ1) is 22.5. The molecule has 0 saturated carbocycles. The van der Waals surface area contributed by atoms with Crippen LogP contribution in [0.3, 0.4) is 0 Å². The van der Waals surface area contributed by atoms with Crippen LogP contribution in [0, 0.1) is 6.92 Å². The summed E-state index contributed by atoms with van der Waals surface area (Å²) >= 11 is 1.64. The molecule has 7 nitrogen and oxygen atoms in total. The zero-order valence-electron chi connectivity index (χ0n) is 19.2. The first-order chi connectivity index (χ1) is 17.0. The molecule has 8 heteroatoms. The van der Waals surface area contributed by atoms with Gasteiger partial charge in [-0.15, -0.1) is 11.3 Å². The van der Waals surface area contributed by atoms with Crippen molar-refractivity contribution in [2.45, 2.75) is 13.5 Å². The standard InChI is InChI=1S/C27H22N4O3S/c1-17-7-12-22-24(15-17)35-27(29-22)18-8-10-19(11-9-18)28-25(32)16-31-26(33)14-13-21(30-31)20-5-3-4-6-23(20)34-2/h3-15H,16H2,1-2H3,(H,28,32). The lowest BCUT2D eigenvalue weighted by Crippen LogP contribution is -2.29. The molecule has 0 radical (unpaired) electrons. The number of hydrogen-bond acceptors (Lipinski definition) is 6. The van der Waals surface area contributed by atoms with Gasteiger partial charge in [-0.3, -0.25) is 9.59 Å². The van der Waals surface area contributed by atoms with E-state index in [0.717, 1.165) is 31.0 Å². The third kappa shape index (κ3) is 4.83. The first-order valence-corrected chi connectivity index (χ1v) is 11.8. The van der Waals surface area contributed by atoms with Crippen LogP contribution in [-0.4, -0.2) is 27.8 Å². The fourth-order valence-electron chi connectivity index (χ4n) is 3.75. The summed E-state index contributed by atoms with van der Waals surface area (Å²) in [7, 11) is 1.57. The highest BCUT2D eigenvalue weighted by Gasteiger charge is 2.12. The van der Waals surface area contributed by atoms with E-state index in [2.05, 4.69) is 29.5 Å². The summed E-state index contributed by atoms with van der Waals surface area (Å²) in [5, 5.41) is 8.13. The molecule has 0 atom stereocenters. The summed E-state index contributed by atoms with van der Waals surface area (Å²) in [5.41, 5.74) is 4.71. The van der Waals surface area contributed by atoms with Crippen LogP contribution in [-0.2, 0) is 11.3 Å². The number of nitrogens with zero attached hydrogens (tertiary/aromatic N) is 3. The van der Waals surface area contributed by atoms with Crippen LogP contribution in [0.5, 0.6) is 5.75 Å². The van der Waals surface area contributed by atoms with Gasteiger partial charge in [0.25, 0.3) is 5.56 Å². The predicted octanol–water partition coefficient (Wildman–Crippen LogP) is 5.14. The molecule has 0 aliphatic rings. The highest BCUT2D eigenvalue weighted by Crippen LogP contribution is 2.31. The molecule has 0 unspecified atom stereocenters. The summed E-state index contributed by atoms with van der Waals surface area (Å²) in [6.07, 6.45) is 0. The number of amides is 1. The highest BCUT2D eigenvalue weighted by atomic mass is 32.1. The summed E-state index contributed by atoms with van der Waals surface area (Å²) in [4.78, 5) is 29.7. The second kappa shape index (κ2) is 9.52. The smallest absolute Gasteiger partial charge is 0.267 e. The van der Waals surface area contributed by atoms with Crippen LogP contribution in [0.2, 0.25) is 0 Å². The van der Waals surface area contributed by atoms with Crippen molar-refractivity contribution in [1.82, 2.24) is 14.8 Å². The fraction of sp³-hybridized carbons (Fsp3) is 0.111. The third-order valence-electron chi connectivity index (χ3n) is 5.50. The van der Waals surface area contributed by atoms with Crippen LogP contribution in [0.4, 0.5) is 5.69 Å². The highest BCUT2D eigenvalue weighted by molar-refractivity contribution is 7.21. The van der Waals surface area contributed by atoms with Crippen molar-refractivity contribution in [3.8, 4) is 27.6 Å². The van der Waals surface area contributed by atoms with Gasteiger partial charge in [0.05, 0.1) is 23.0 Å². The van der Waals surface area contributed by atoms with Gasteiger partial charge >= 0.3 is 0 Å². The van der Waals surface area contributed by atoms with Crippen molar-refractivity contribution in [3.05, 3.63) is 94.8 Å². The predicted molar refractivity (Wildman–Crippen MR) is 139 cm³/mol. The summed E-state index contributed by atoms with van der Waals surface area (Å²) < 4.78 is 7.67. The minimum absolute atomic E-state index is 0.208. The van der Waals surface area contributed by atoms with Gasteiger partial charge in [0.2, 0.25) is 5.91 Å². The minimum atomic E-state index is -0.361. The van der Waals surface area contributed by atoms with E-state index < -0.39 is 0 Å². The normalized spacial score (nSPS) is 10.9. The number of para-hydroxylation sites is 1. The number of hydrogen-bond donors (Lipinski definition) is 1. The number of thiazole rings is 1. The van der Waals surface area contributed by atoms with E-state index in [9.17, 15) is 9.59 Å². The van der Waals surface area contributed by atoms with Crippen LogP contribution in [0.25, 0.3) is 32.0 Å². The van der Waals surface area contributed by atoms with Gasteiger partial charge in [0.15, 0.2) is 0 Å². The molecule has 0 saturated heterocycles. The largest absolute Gasteiger partial charge is 0.496 e. The molecular formula is C27H22N4O3S. The molecular weight excluding hydrogens is 460 g/mol. The van der Waals surface area contributed by atoms with Crippen molar-refractivity contribution < 1.29 is 9.53 Å². The maximum Gasteiger partial charge on any atom is 0.267 e. The van der Waals surface area contributed by atoms with Crippen molar-refractivity contribution in [1.29, 1.82) is 0 Å². The van der Waals surface area contributed by atoms with Crippen molar-refractivity contribution in [2.75, 3.05) is 12.4 Å². The van der Waals surface area contributed by atoms with E-state index in [1.165, 1.54) is 11.6 Å². The molecule has 0 aliphatic carbocycles. The molecule has 35 heavy (non-hydrogen) atoms. The Morgan fingerprint density at radius 3 is 2.63 bits per heavy atom. The van der Waals surface area contributed by atoms with E-state index in [-0.39, 0.29) is 18.0 Å². The molecule has 0 bridgehead atoms. The average molecular weight is 483 g/mol. The number of aryl methyl sites for hydroxylation is 1. The number of carbonyl (C=O) groups excluding carboxylic acids is 1. The molecule has 0 aliphatic heterocycles. The van der Waals surface area contributed by atoms with Gasteiger partial charge in [0.1, 0.15) is 17.3 Å². The van der Waals surface area contributed by atoms with Crippen LogP contribution < -0.4 is 15.6 Å². The van der Waals surface area contributed by atoms with E-state index in [4.69, 9.17) is 9.72 Å². The topological polar surface area (TPSA) is 86.1 Å². The third-order valence-corrected chi connectivity index (χ3v) is 6.57. The molecule has 5 aromatic rings. The van der Waals surface area contributed by atoms with Gasteiger partial charge in [-0.1, -0.05) is 18.2 Å². The Bertz CT molecular complexity index is 1590. The molecule has 1 N–H and O–H groups in total. The Hall–Kier alpha value is -4.30. The monoisotopic (exact) mass is 482 g/mol. The van der Waals surface area contributed by atoms with Crippen molar-refractivity contribution in [3.63, 3.8) is 0 Å². The lowest BCUT2D eigenvalue weighted by molar-refractivity contribution is -0.117. The number of aromatic nitrogens is 3. The quantitative estimate of drug-likeness (QED) is 0.362. The van der Waals surface area contributed by atoms with Crippen LogP contribution in [0.15, 0.2) is 83.7 Å². The Labute approximate surface area is 205 Å². The Kier molecular flexibility index (Phi) is 6.12.